The number of likely N-dealkylation sites (tertiary alicyclic amines) is 1. The number of aromatic nitrogens is 2. The molecule has 0 saturated carbocycles. The summed E-state index contributed by atoms with van der Waals surface area (Å²) >= 11 is 0. The van der Waals surface area contributed by atoms with Crippen molar-refractivity contribution in [1.29, 1.82) is 0 Å². The van der Waals surface area contributed by atoms with E-state index in [-0.39, 0.29) is 5.82 Å². The number of piperidine rings is 1. The number of aliphatic imine (C=N–C) groups is 1. The lowest BCUT2D eigenvalue weighted by atomic mass is 9.93. The SMILES string of the molecule is CCNC(=NCCc1cccc(F)c1)N1CCC(C)C(n2ccnc2)C1. The third-order valence-electron chi connectivity index (χ3n) is 5.01. The van der Waals surface area contributed by atoms with Gasteiger partial charge in [-0.3, -0.25) is 4.99 Å². The predicted molar refractivity (Wildman–Crippen MR) is 103 cm³/mol. The largest absolute Gasteiger partial charge is 0.357 e. The molecule has 1 fully saturated rings. The molecule has 2 atom stereocenters. The van der Waals surface area contributed by atoms with Gasteiger partial charge in [0.05, 0.1) is 12.4 Å². The molecule has 26 heavy (non-hydrogen) atoms. The minimum Gasteiger partial charge on any atom is -0.357 e. The standard InChI is InChI=1S/C20H28FN5/c1-3-23-20(24-9-7-17-5-4-6-18(21)13-17)25-11-8-16(2)19(14-25)26-12-10-22-15-26/h4-6,10,12-13,15-16,19H,3,7-9,11,14H2,1-2H3,(H,23,24). The van der Waals surface area contributed by atoms with Gasteiger partial charge in [-0.1, -0.05) is 19.1 Å². The first-order valence-corrected chi connectivity index (χ1v) is 9.42. The Balaban J connectivity index is 1.66. The highest BCUT2D eigenvalue weighted by atomic mass is 19.1. The number of rotatable bonds is 5. The van der Waals surface area contributed by atoms with Crippen LogP contribution < -0.4 is 5.32 Å². The average molecular weight is 357 g/mol. The molecule has 0 amide bonds. The van der Waals surface area contributed by atoms with E-state index >= 15 is 0 Å². The van der Waals surface area contributed by atoms with Crippen molar-refractivity contribution in [1.82, 2.24) is 19.8 Å². The second-order valence-corrected chi connectivity index (χ2v) is 6.90. The van der Waals surface area contributed by atoms with Gasteiger partial charge in [0.1, 0.15) is 5.82 Å². The van der Waals surface area contributed by atoms with E-state index < -0.39 is 0 Å². The number of halogens is 1. The summed E-state index contributed by atoms with van der Waals surface area (Å²) in [5, 5.41) is 3.41. The van der Waals surface area contributed by atoms with Gasteiger partial charge in [-0.25, -0.2) is 9.37 Å². The van der Waals surface area contributed by atoms with E-state index in [4.69, 9.17) is 4.99 Å². The molecule has 2 aromatic rings. The van der Waals surface area contributed by atoms with Crippen molar-refractivity contribution in [3.05, 3.63) is 54.4 Å². The van der Waals surface area contributed by atoms with E-state index in [1.165, 1.54) is 6.07 Å². The van der Waals surface area contributed by atoms with Gasteiger partial charge in [0.25, 0.3) is 0 Å². The average Bonchev–Trinajstić information content (AvgIpc) is 3.16. The second kappa shape index (κ2) is 8.83. The van der Waals surface area contributed by atoms with Crippen LogP contribution in [0.25, 0.3) is 0 Å². The monoisotopic (exact) mass is 357 g/mol. The molecule has 2 unspecified atom stereocenters. The molecule has 1 N–H and O–H groups in total. The summed E-state index contributed by atoms with van der Waals surface area (Å²) < 4.78 is 15.5. The Morgan fingerprint density at radius 1 is 1.42 bits per heavy atom. The van der Waals surface area contributed by atoms with Crippen molar-refractivity contribution >= 4 is 5.96 Å². The number of benzene rings is 1. The zero-order valence-electron chi connectivity index (χ0n) is 15.6. The van der Waals surface area contributed by atoms with Gasteiger partial charge < -0.3 is 14.8 Å². The Morgan fingerprint density at radius 3 is 3.04 bits per heavy atom. The van der Waals surface area contributed by atoms with E-state index in [1.807, 2.05) is 24.8 Å². The molecule has 0 spiro atoms. The van der Waals surface area contributed by atoms with Crippen molar-refractivity contribution in [3.63, 3.8) is 0 Å². The summed E-state index contributed by atoms with van der Waals surface area (Å²) in [4.78, 5) is 11.3. The normalized spacial score (nSPS) is 21.0. The topological polar surface area (TPSA) is 45.5 Å². The van der Waals surface area contributed by atoms with Crippen LogP contribution in [0.2, 0.25) is 0 Å². The van der Waals surface area contributed by atoms with Crippen molar-refractivity contribution in [2.75, 3.05) is 26.2 Å². The van der Waals surface area contributed by atoms with Crippen LogP contribution >= 0.6 is 0 Å². The van der Waals surface area contributed by atoms with E-state index in [2.05, 4.69) is 33.6 Å². The van der Waals surface area contributed by atoms with Crippen LogP contribution in [0.5, 0.6) is 0 Å². The van der Waals surface area contributed by atoms with Gasteiger partial charge in [-0.2, -0.15) is 0 Å². The van der Waals surface area contributed by atoms with Gasteiger partial charge in [-0.15, -0.1) is 0 Å². The Labute approximate surface area is 155 Å². The van der Waals surface area contributed by atoms with Crippen LogP contribution in [0.15, 0.2) is 48.0 Å². The number of nitrogens with zero attached hydrogens (tertiary/aromatic N) is 4. The molecular formula is C20H28FN5. The number of guanidine groups is 1. The molecule has 3 rings (SSSR count). The van der Waals surface area contributed by atoms with E-state index in [9.17, 15) is 4.39 Å². The highest BCUT2D eigenvalue weighted by molar-refractivity contribution is 5.80. The summed E-state index contributed by atoms with van der Waals surface area (Å²) in [7, 11) is 0. The third-order valence-corrected chi connectivity index (χ3v) is 5.01. The first-order valence-electron chi connectivity index (χ1n) is 9.42. The number of hydrogen-bond acceptors (Lipinski definition) is 2. The van der Waals surface area contributed by atoms with Crippen molar-refractivity contribution in [2.45, 2.75) is 32.7 Å². The fourth-order valence-electron chi connectivity index (χ4n) is 3.50. The molecule has 1 aliphatic heterocycles. The van der Waals surface area contributed by atoms with Crippen LogP contribution in [0.1, 0.15) is 31.9 Å². The first kappa shape index (κ1) is 18.4. The maximum Gasteiger partial charge on any atom is 0.193 e. The predicted octanol–water partition coefficient (Wildman–Crippen LogP) is 3.11. The molecule has 1 saturated heterocycles. The molecule has 5 nitrogen and oxygen atoms in total. The fraction of sp³-hybridized carbons (Fsp3) is 0.500. The lowest BCUT2D eigenvalue weighted by Crippen LogP contribution is -2.49. The zero-order chi connectivity index (χ0) is 18.4. The Hall–Kier alpha value is -2.37. The molecule has 1 aromatic heterocycles. The van der Waals surface area contributed by atoms with Gasteiger partial charge >= 0.3 is 0 Å². The summed E-state index contributed by atoms with van der Waals surface area (Å²) in [6.45, 7) is 7.79. The van der Waals surface area contributed by atoms with Crippen molar-refractivity contribution in [2.24, 2.45) is 10.9 Å². The Morgan fingerprint density at radius 2 is 2.31 bits per heavy atom. The third kappa shape index (κ3) is 4.62. The minimum atomic E-state index is -0.188. The molecule has 140 valence electrons. The van der Waals surface area contributed by atoms with Gasteiger partial charge in [0, 0.05) is 38.6 Å². The van der Waals surface area contributed by atoms with E-state index in [0.29, 0.717) is 18.5 Å². The molecule has 1 aromatic carbocycles. The molecule has 2 heterocycles. The maximum absolute atomic E-state index is 13.3. The zero-order valence-corrected chi connectivity index (χ0v) is 15.6. The highest BCUT2D eigenvalue weighted by Gasteiger charge is 2.28. The van der Waals surface area contributed by atoms with Gasteiger partial charge in [0.2, 0.25) is 0 Å². The fourth-order valence-corrected chi connectivity index (χ4v) is 3.50. The molecule has 0 radical (unpaired) electrons. The number of nitrogens with one attached hydrogen (secondary N) is 1. The number of hydrogen-bond donors (Lipinski definition) is 1. The van der Waals surface area contributed by atoms with Crippen LogP contribution in [0, 0.1) is 11.7 Å². The Bertz CT molecular complexity index is 713. The van der Waals surface area contributed by atoms with Gasteiger partial charge in [0.15, 0.2) is 5.96 Å². The number of imidazole rings is 1. The molecule has 0 bridgehead atoms. The lowest BCUT2D eigenvalue weighted by molar-refractivity contribution is 0.189. The summed E-state index contributed by atoms with van der Waals surface area (Å²) in [6, 6.07) is 7.16. The van der Waals surface area contributed by atoms with E-state index in [1.54, 1.807) is 12.1 Å². The molecule has 1 aliphatic rings. The first-order chi connectivity index (χ1) is 12.7. The maximum atomic E-state index is 13.3. The molecular weight excluding hydrogens is 329 g/mol. The summed E-state index contributed by atoms with van der Waals surface area (Å²) in [6.07, 6.45) is 7.64. The minimum absolute atomic E-state index is 0.188. The second-order valence-electron chi connectivity index (χ2n) is 6.90. The summed E-state index contributed by atoms with van der Waals surface area (Å²) in [5.41, 5.74) is 0.980. The van der Waals surface area contributed by atoms with E-state index in [0.717, 1.165) is 44.0 Å². The lowest BCUT2D eigenvalue weighted by Gasteiger charge is -2.39. The van der Waals surface area contributed by atoms with Crippen LogP contribution in [-0.4, -0.2) is 46.6 Å². The summed E-state index contributed by atoms with van der Waals surface area (Å²) in [5.74, 6) is 1.36. The van der Waals surface area contributed by atoms with Crippen molar-refractivity contribution in [3.8, 4) is 0 Å². The quantitative estimate of drug-likeness (QED) is 0.661. The highest BCUT2D eigenvalue weighted by Crippen LogP contribution is 2.27. The van der Waals surface area contributed by atoms with Crippen LogP contribution in [0.3, 0.4) is 0 Å². The van der Waals surface area contributed by atoms with Crippen LogP contribution in [0.4, 0.5) is 4.39 Å². The molecule has 6 heteroatoms. The molecule has 0 aliphatic carbocycles. The smallest absolute Gasteiger partial charge is 0.193 e. The van der Waals surface area contributed by atoms with Gasteiger partial charge in [-0.05, 0) is 43.4 Å². The van der Waals surface area contributed by atoms with Crippen LogP contribution in [-0.2, 0) is 6.42 Å². The Kier molecular flexibility index (Phi) is 6.26. The van der Waals surface area contributed by atoms with Crippen molar-refractivity contribution < 1.29 is 4.39 Å².